The van der Waals surface area contributed by atoms with E-state index in [1.807, 2.05) is 34.1 Å². The van der Waals surface area contributed by atoms with E-state index in [2.05, 4.69) is 10.6 Å². The minimum atomic E-state index is -0.570. The van der Waals surface area contributed by atoms with Crippen molar-refractivity contribution < 1.29 is 44.9 Å². The topological polar surface area (TPSA) is 293 Å². The Morgan fingerprint density at radius 1 is 0.544 bits per heavy atom. The number of nitrogens with zero attached hydrogens (tertiary/aromatic N) is 5. The standard InChI is InChI=1S/C12H19N3O4.C12H21N3O2.C6H4FNO2.C5H14N2O2.2ClH/c16-9-7-14(8-10-17)6-5-13-11-1-3-12(4-2-11)15(18)19;13-11-1-3-12(4-2-11)14-5-6-15(7-9-16)8-10-17;7-5-1-3-6(4-2-5)8(9)10;6-1-2-7(5-9)3-4-8;;/h1-4,13,16-17H,5-10H2;1-4,14,16-17H,5-10,13H2;1-4H;8-9H,1-6H2;2*1H. The fraction of sp³-hybridized carbons (Fsp3) is 0.486. The first-order valence-electron chi connectivity index (χ1n) is 17.5. The Morgan fingerprint density at radius 3 is 1.19 bits per heavy atom. The van der Waals surface area contributed by atoms with Crippen LogP contribution in [0.3, 0.4) is 0 Å². The molecule has 0 saturated carbocycles. The van der Waals surface area contributed by atoms with Crippen LogP contribution < -0.4 is 22.1 Å². The van der Waals surface area contributed by atoms with Crippen molar-refractivity contribution >= 4 is 53.3 Å². The van der Waals surface area contributed by atoms with Crippen molar-refractivity contribution in [3.05, 3.63) is 98.8 Å². The molecule has 0 aromatic heterocycles. The number of anilines is 3. The first-order valence-corrected chi connectivity index (χ1v) is 17.5. The van der Waals surface area contributed by atoms with Gasteiger partial charge < -0.3 is 52.7 Å². The van der Waals surface area contributed by atoms with Crippen LogP contribution in [0, 0.1) is 26.0 Å². The third kappa shape index (κ3) is 29.8. The minimum absolute atomic E-state index is 0. The average Bonchev–Trinajstić information content (AvgIpc) is 3.17. The molecule has 326 valence electrons. The van der Waals surface area contributed by atoms with Gasteiger partial charge in [0.2, 0.25) is 0 Å². The number of aliphatic hydroxyl groups is 6. The lowest BCUT2D eigenvalue weighted by Crippen LogP contribution is -2.34. The van der Waals surface area contributed by atoms with E-state index >= 15 is 0 Å². The molecule has 0 aliphatic heterocycles. The van der Waals surface area contributed by atoms with E-state index in [1.165, 1.54) is 12.1 Å². The molecular formula is C35H60Cl2FN9O10. The molecule has 0 saturated heterocycles. The third-order valence-electron chi connectivity index (χ3n) is 7.27. The summed E-state index contributed by atoms with van der Waals surface area (Å²) >= 11 is 0. The summed E-state index contributed by atoms with van der Waals surface area (Å²) in [5, 5.41) is 79.2. The summed E-state index contributed by atoms with van der Waals surface area (Å²) in [4.78, 5) is 25.1. The highest BCUT2D eigenvalue weighted by Crippen LogP contribution is 2.15. The number of rotatable bonds is 23. The molecule has 0 heterocycles. The molecule has 0 amide bonds. The number of hydrogen-bond donors (Lipinski definition) is 10. The lowest BCUT2D eigenvalue weighted by atomic mass is 10.3. The number of nitro benzene ring substituents is 2. The van der Waals surface area contributed by atoms with Gasteiger partial charge in [0.25, 0.3) is 11.4 Å². The molecular weight excluding hydrogens is 796 g/mol. The number of hydrogen-bond acceptors (Lipinski definition) is 17. The molecule has 0 fully saturated rings. The van der Waals surface area contributed by atoms with Crippen molar-refractivity contribution in [2.75, 3.05) is 128 Å². The Kier molecular flexibility index (Phi) is 37.7. The Labute approximate surface area is 344 Å². The van der Waals surface area contributed by atoms with Crippen LogP contribution in [-0.4, -0.2) is 167 Å². The molecule has 0 aliphatic carbocycles. The molecule has 3 aromatic carbocycles. The van der Waals surface area contributed by atoms with Crippen LogP contribution in [-0.2, 0) is 0 Å². The van der Waals surface area contributed by atoms with Gasteiger partial charge in [-0.25, -0.2) is 4.39 Å². The van der Waals surface area contributed by atoms with Gasteiger partial charge in [-0.05, 0) is 48.5 Å². The zero-order valence-electron chi connectivity index (χ0n) is 31.9. The average molecular weight is 857 g/mol. The smallest absolute Gasteiger partial charge is 0.269 e. The number of non-ortho nitro benzene ring substituents is 2. The fourth-order valence-corrected chi connectivity index (χ4v) is 4.40. The highest BCUT2D eigenvalue weighted by atomic mass is 35.5. The number of benzene rings is 3. The summed E-state index contributed by atoms with van der Waals surface area (Å²) in [7, 11) is 0. The van der Waals surface area contributed by atoms with Gasteiger partial charge in [-0.15, -0.1) is 24.8 Å². The summed E-state index contributed by atoms with van der Waals surface area (Å²) < 4.78 is 12.1. The van der Waals surface area contributed by atoms with Crippen LogP contribution in [0.1, 0.15) is 0 Å². The van der Waals surface area contributed by atoms with Gasteiger partial charge in [0.1, 0.15) is 5.82 Å². The van der Waals surface area contributed by atoms with E-state index in [0.717, 1.165) is 54.4 Å². The van der Waals surface area contributed by atoms with Crippen LogP contribution in [0.15, 0.2) is 72.8 Å². The summed E-state index contributed by atoms with van der Waals surface area (Å²) in [6.45, 7) is 7.09. The van der Waals surface area contributed by atoms with E-state index in [-0.39, 0.29) is 76.0 Å². The highest BCUT2D eigenvalue weighted by molar-refractivity contribution is 5.85. The predicted octanol–water partition coefficient (Wildman–Crippen LogP) is 1.03. The van der Waals surface area contributed by atoms with Crippen LogP contribution in [0.2, 0.25) is 0 Å². The maximum absolute atomic E-state index is 12.1. The Bertz CT molecular complexity index is 1380. The number of aliphatic hydroxyl groups excluding tert-OH is 6. The fourth-order valence-electron chi connectivity index (χ4n) is 4.40. The molecule has 12 N–H and O–H groups in total. The van der Waals surface area contributed by atoms with Crippen LogP contribution in [0.25, 0.3) is 0 Å². The Balaban J connectivity index is -0.000000704. The zero-order chi connectivity index (χ0) is 41.3. The van der Waals surface area contributed by atoms with Crippen molar-refractivity contribution in [3.8, 4) is 0 Å². The maximum Gasteiger partial charge on any atom is 0.269 e. The van der Waals surface area contributed by atoms with E-state index in [0.29, 0.717) is 58.9 Å². The number of nitrogen functional groups attached to an aromatic ring is 1. The zero-order valence-corrected chi connectivity index (χ0v) is 33.5. The molecule has 22 heteroatoms. The summed E-state index contributed by atoms with van der Waals surface area (Å²) in [5.74, 6) is -0.467. The number of nitrogens with two attached hydrogens (primary N) is 2. The molecule has 0 unspecified atom stereocenters. The molecule has 0 aliphatic rings. The second kappa shape index (κ2) is 37.5. The van der Waals surface area contributed by atoms with Gasteiger partial charge in [0.05, 0.1) is 49.6 Å². The monoisotopic (exact) mass is 855 g/mol. The highest BCUT2D eigenvalue weighted by Gasteiger charge is 2.06. The van der Waals surface area contributed by atoms with Gasteiger partial charge >= 0.3 is 0 Å². The summed E-state index contributed by atoms with van der Waals surface area (Å²) in [6.07, 6.45) is 0. The van der Waals surface area contributed by atoms with Gasteiger partial charge in [-0.1, -0.05) is 0 Å². The minimum Gasteiger partial charge on any atom is -0.399 e. The van der Waals surface area contributed by atoms with E-state index in [4.69, 9.17) is 42.1 Å². The molecule has 0 bridgehead atoms. The largest absolute Gasteiger partial charge is 0.399 e. The third-order valence-corrected chi connectivity index (χ3v) is 7.27. The van der Waals surface area contributed by atoms with Gasteiger partial charge in [-0.2, -0.15) is 0 Å². The lowest BCUT2D eigenvalue weighted by Gasteiger charge is -2.20. The van der Waals surface area contributed by atoms with Crippen molar-refractivity contribution in [3.63, 3.8) is 0 Å². The summed E-state index contributed by atoms with van der Waals surface area (Å²) in [5.41, 5.74) is 13.3. The van der Waals surface area contributed by atoms with Crippen molar-refractivity contribution in [1.82, 2.24) is 14.7 Å². The number of nitrogens with one attached hydrogen (secondary N) is 2. The van der Waals surface area contributed by atoms with E-state index in [9.17, 15) is 24.6 Å². The van der Waals surface area contributed by atoms with Gasteiger partial charge in [0, 0.05) is 113 Å². The number of halogens is 3. The van der Waals surface area contributed by atoms with Crippen molar-refractivity contribution in [2.24, 2.45) is 5.73 Å². The summed E-state index contributed by atoms with van der Waals surface area (Å²) in [6, 6.07) is 18.1. The number of nitro groups is 2. The van der Waals surface area contributed by atoms with Gasteiger partial charge in [-0.3, -0.25) is 34.9 Å². The molecule has 3 aromatic rings. The second-order valence-electron chi connectivity index (χ2n) is 11.4. The molecule has 19 nitrogen and oxygen atoms in total. The van der Waals surface area contributed by atoms with Crippen molar-refractivity contribution in [2.45, 2.75) is 0 Å². The molecule has 0 spiro atoms. The second-order valence-corrected chi connectivity index (χ2v) is 11.4. The van der Waals surface area contributed by atoms with E-state index < -0.39 is 15.7 Å². The van der Waals surface area contributed by atoms with Crippen LogP contribution in [0.5, 0.6) is 0 Å². The molecule has 57 heavy (non-hydrogen) atoms. The van der Waals surface area contributed by atoms with Crippen LogP contribution in [0.4, 0.5) is 32.8 Å². The lowest BCUT2D eigenvalue weighted by molar-refractivity contribution is -0.385. The van der Waals surface area contributed by atoms with Crippen LogP contribution >= 0.6 is 24.8 Å². The van der Waals surface area contributed by atoms with Gasteiger partial charge in [0.15, 0.2) is 0 Å². The normalized spacial score (nSPS) is 10.1. The first-order chi connectivity index (χ1) is 26.5. The van der Waals surface area contributed by atoms with Crippen molar-refractivity contribution in [1.29, 1.82) is 0 Å². The Hall–Kier alpha value is -4.03. The molecule has 0 radical (unpaired) electrons. The SMILES string of the molecule is Cl.Cl.NCCN(CO)CCO.Nc1ccc(NCCN(CCO)CCO)cc1.O=[N+]([O-])c1ccc(F)cc1.O=[N+]([O-])c1ccc(NCCN(CCO)CCO)cc1. The molecule has 3 rings (SSSR count). The predicted molar refractivity (Wildman–Crippen MR) is 225 cm³/mol. The quantitative estimate of drug-likeness (QED) is 0.0276. The maximum atomic E-state index is 12.1. The molecule has 0 atom stereocenters. The first kappa shape index (κ1) is 57.3. The van der Waals surface area contributed by atoms with E-state index in [1.54, 1.807) is 17.0 Å². The Morgan fingerprint density at radius 2 is 0.877 bits per heavy atom.